The van der Waals surface area contributed by atoms with Gasteiger partial charge < -0.3 is 25.4 Å². The van der Waals surface area contributed by atoms with Crippen LogP contribution in [0.5, 0.6) is 0 Å². The normalized spacial score (nSPS) is 17.6. The van der Waals surface area contributed by atoms with Gasteiger partial charge in [0.1, 0.15) is 12.6 Å². The summed E-state index contributed by atoms with van der Waals surface area (Å²) in [5.41, 5.74) is 4.28. The van der Waals surface area contributed by atoms with Crippen LogP contribution in [0, 0.1) is 5.92 Å². The number of nitrogens with one attached hydrogen (secondary N) is 2. The first kappa shape index (κ1) is 24.3. The Morgan fingerprint density at radius 2 is 1.69 bits per heavy atom. The van der Waals surface area contributed by atoms with E-state index in [2.05, 4.69) is 10.6 Å². The van der Waals surface area contributed by atoms with Crippen molar-refractivity contribution < 1.29 is 29.0 Å². The van der Waals surface area contributed by atoms with Gasteiger partial charge >= 0.3 is 12.1 Å². The number of hydrogen-bond donors (Lipinski definition) is 3. The average molecular weight is 480 g/mol. The summed E-state index contributed by atoms with van der Waals surface area (Å²) < 4.78 is 5.49. The van der Waals surface area contributed by atoms with Gasteiger partial charge in [-0.05, 0) is 35.1 Å². The summed E-state index contributed by atoms with van der Waals surface area (Å²) in [4.78, 5) is 50.6. The third-order valence-corrected chi connectivity index (χ3v) is 6.66. The number of benzene rings is 2. The molecule has 1 aliphatic heterocycles. The van der Waals surface area contributed by atoms with E-state index in [1.165, 1.54) is 11.9 Å². The lowest BCUT2D eigenvalue weighted by molar-refractivity contribution is -0.144. The van der Waals surface area contributed by atoms with E-state index in [4.69, 9.17) is 4.74 Å². The van der Waals surface area contributed by atoms with E-state index in [0.29, 0.717) is 19.4 Å². The molecule has 0 spiro atoms. The number of amides is 3. The molecule has 3 N–H and O–H groups in total. The van der Waals surface area contributed by atoms with Crippen LogP contribution in [0.15, 0.2) is 48.5 Å². The Morgan fingerprint density at radius 1 is 1.06 bits per heavy atom. The molecule has 1 fully saturated rings. The third kappa shape index (κ3) is 5.29. The lowest BCUT2D eigenvalue weighted by Crippen LogP contribution is -2.53. The van der Waals surface area contributed by atoms with Crippen LogP contribution < -0.4 is 10.6 Å². The molecule has 2 aromatic carbocycles. The van der Waals surface area contributed by atoms with E-state index >= 15 is 0 Å². The third-order valence-electron chi connectivity index (χ3n) is 6.66. The van der Waals surface area contributed by atoms with Crippen molar-refractivity contribution in [2.75, 3.05) is 26.7 Å². The van der Waals surface area contributed by atoms with Crippen molar-refractivity contribution >= 4 is 23.9 Å². The average Bonchev–Trinajstić information content (AvgIpc) is 3.19. The highest BCUT2D eigenvalue weighted by atomic mass is 16.5. The van der Waals surface area contributed by atoms with Crippen molar-refractivity contribution in [3.05, 3.63) is 59.7 Å². The molecule has 0 saturated carbocycles. The van der Waals surface area contributed by atoms with Gasteiger partial charge in [0, 0.05) is 26.1 Å². The number of likely N-dealkylation sites (tertiary alicyclic amines) is 1. The zero-order valence-corrected chi connectivity index (χ0v) is 19.5. The molecule has 1 aliphatic carbocycles. The summed E-state index contributed by atoms with van der Waals surface area (Å²) in [5.74, 6) is -2.44. The molecule has 9 heteroatoms. The van der Waals surface area contributed by atoms with E-state index in [1.54, 1.807) is 0 Å². The van der Waals surface area contributed by atoms with Gasteiger partial charge in [-0.1, -0.05) is 48.5 Å². The summed E-state index contributed by atoms with van der Waals surface area (Å²) in [7, 11) is 1.54. The first-order valence-corrected chi connectivity index (χ1v) is 11.7. The van der Waals surface area contributed by atoms with Gasteiger partial charge in [0.25, 0.3) is 0 Å². The van der Waals surface area contributed by atoms with E-state index in [9.17, 15) is 24.3 Å². The Kier molecular flexibility index (Phi) is 7.33. The van der Waals surface area contributed by atoms with E-state index in [0.717, 1.165) is 22.3 Å². The van der Waals surface area contributed by atoms with Crippen molar-refractivity contribution in [1.29, 1.82) is 0 Å². The highest BCUT2D eigenvalue weighted by molar-refractivity contribution is 5.90. The number of fused-ring (bicyclic) bond motifs is 3. The lowest BCUT2D eigenvalue weighted by atomic mass is 9.96. The molecule has 9 nitrogen and oxygen atoms in total. The maximum absolute atomic E-state index is 13.1. The molecule has 184 valence electrons. The minimum Gasteiger partial charge on any atom is -0.481 e. The molecule has 1 heterocycles. The monoisotopic (exact) mass is 479 g/mol. The zero-order chi connectivity index (χ0) is 24.9. The van der Waals surface area contributed by atoms with E-state index < -0.39 is 30.4 Å². The number of carbonyl (C=O) groups excluding carboxylic acids is 3. The number of carbonyl (C=O) groups is 4. The van der Waals surface area contributed by atoms with Gasteiger partial charge in [-0.3, -0.25) is 14.4 Å². The first-order chi connectivity index (χ1) is 16.9. The van der Waals surface area contributed by atoms with Gasteiger partial charge in [0.15, 0.2) is 0 Å². The van der Waals surface area contributed by atoms with Crippen LogP contribution in [-0.2, 0) is 19.1 Å². The van der Waals surface area contributed by atoms with Crippen LogP contribution in [0.25, 0.3) is 11.1 Å². The summed E-state index contributed by atoms with van der Waals surface area (Å²) in [6.07, 6.45) is -0.169. The van der Waals surface area contributed by atoms with Crippen molar-refractivity contribution in [3.8, 4) is 11.1 Å². The van der Waals surface area contributed by atoms with Gasteiger partial charge in [0.2, 0.25) is 11.8 Å². The maximum atomic E-state index is 13.1. The number of carboxylic acid groups (broad SMARTS) is 1. The number of carboxylic acids is 1. The minimum atomic E-state index is -1.29. The second-order valence-corrected chi connectivity index (χ2v) is 8.86. The zero-order valence-electron chi connectivity index (χ0n) is 19.5. The number of ether oxygens (including phenoxy) is 1. The number of hydrogen-bond acceptors (Lipinski definition) is 5. The molecule has 0 aromatic heterocycles. The van der Waals surface area contributed by atoms with Crippen molar-refractivity contribution in [2.45, 2.75) is 31.2 Å². The molecule has 0 radical (unpaired) electrons. The molecule has 4 rings (SSSR count). The number of rotatable bonds is 7. The molecular formula is C26H29N3O6. The molecule has 2 unspecified atom stereocenters. The van der Waals surface area contributed by atoms with Crippen LogP contribution in [0.4, 0.5) is 4.79 Å². The largest absolute Gasteiger partial charge is 0.481 e. The molecule has 1 saturated heterocycles. The highest BCUT2D eigenvalue weighted by Crippen LogP contribution is 2.44. The molecule has 0 bridgehead atoms. The molecule has 2 aliphatic rings. The van der Waals surface area contributed by atoms with E-state index in [1.807, 2.05) is 48.5 Å². The standard InChI is InChI=1S/C26H29N3O6/c1-27-24(32)16-7-6-12-29(14-16)25(33)22(13-23(30)31)28-26(34)35-15-21-19-10-4-2-8-17(19)18-9-3-5-11-20(18)21/h2-5,8-11,16,21-22H,6-7,12-15H2,1H3,(H,27,32)(H,28,34)(H,30,31). The fourth-order valence-corrected chi connectivity index (χ4v) is 4.97. The summed E-state index contributed by atoms with van der Waals surface area (Å²) in [5, 5.41) is 14.3. The van der Waals surface area contributed by atoms with Gasteiger partial charge in [-0.2, -0.15) is 0 Å². The number of aliphatic carboxylic acids is 1. The topological polar surface area (TPSA) is 125 Å². The molecule has 2 atom stereocenters. The smallest absolute Gasteiger partial charge is 0.407 e. The van der Waals surface area contributed by atoms with Crippen LogP contribution in [-0.4, -0.2) is 66.7 Å². The van der Waals surface area contributed by atoms with Crippen molar-refractivity contribution in [2.24, 2.45) is 5.92 Å². The second-order valence-electron chi connectivity index (χ2n) is 8.86. The predicted molar refractivity (Wildman–Crippen MR) is 128 cm³/mol. The fraction of sp³-hybridized carbons (Fsp3) is 0.385. The molecule has 3 amide bonds. The summed E-state index contributed by atoms with van der Waals surface area (Å²) in [6, 6.07) is 14.6. The number of alkyl carbamates (subject to hydrolysis) is 1. The van der Waals surface area contributed by atoms with Crippen molar-refractivity contribution in [3.63, 3.8) is 0 Å². The molecule has 2 aromatic rings. The maximum Gasteiger partial charge on any atom is 0.407 e. The Morgan fingerprint density at radius 3 is 2.29 bits per heavy atom. The van der Waals surface area contributed by atoms with Crippen LogP contribution in [0.3, 0.4) is 0 Å². The second kappa shape index (κ2) is 10.6. The van der Waals surface area contributed by atoms with Gasteiger partial charge in [-0.25, -0.2) is 4.79 Å². The van der Waals surface area contributed by atoms with Crippen molar-refractivity contribution in [1.82, 2.24) is 15.5 Å². The van der Waals surface area contributed by atoms with Gasteiger partial charge in [0.05, 0.1) is 12.3 Å². The Labute approximate surface area is 203 Å². The molecular weight excluding hydrogens is 450 g/mol. The quantitative estimate of drug-likeness (QED) is 0.560. The lowest BCUT2D eigenvalue weighted by Gasteiger charge is -2.34. The van der Waals surface area contributed by atoms with E-state index in [-0.39, 0.29) is 30.9 Å². The van der Waals surface area contributed by atoms with Gasteiger partial charge in [-0.15, -0.1) is 0 Å². The first-order valence-electron chi connectivity index (χ1n) is 11.7. The number of nitrogens with zero attached hydrogens (tertiary/aromatic N) is 1. The summed E-state index contributed by atoms with van der Waals surface area (Å²) in [6.45, 7) is 0.631. The highest BCUT2D eigenvalue weighted by Gasteiger charge is 2.34. The Balaban J connectivity index is 1.42. The SMILES string of the molecule is CNC(=O)C1CCCN(C(=O)C(CC(=O)O)NC(=O)OCC2c3ccccc3-c3ccccc32)C1. The Hall–Kier alpha value is -3.88. The fourth-order valence-electron chi connectivity index (χ4n) is 4.97. The molecule has 35 heavy (non-hydrogen) atoms. The van der Waals surface area contributed by atoms with Crippen LogP contribution in [0.2, 0.25) is 0 Å². The Bertz CT molecular complexity index is 1090. The minimum absolute atomic E-state index is 0.0519. The van der Waals surface area contributed by atoms with Crippen LogP contribution in [0.1, 0.15) is 36.3 Å². The predicted octanol–water partition coefficient (Wildman–Crippen LogP) is 2.35. The number of piperidine rings is 1. The summed E-state index contributed by atoms with van der Waals surface area (Å²) >= 11 is 0. The van der Waals surface area contributed by atoms with Crippen LogP contribution >= 0.6 is 0 Å².